The summed E-state index contributed by atoms with van der Waals surface area (Å²) in [6, 6.07) is 0.550. The van der Waals surface area contributed by atoms with Crippen LogP contribution < -0.4 is 10.6 Å². The number of carbonyl (C=O) groups is 1. The van der Waals surface area contributed by atoms with Gasteiger partial charge in [-0.1, -0.05) is 0 Å². The van der Waals surface area contributed by atoms with Crippen molar-refractivity contribution >= 4 is 6.03 Å². The molecule has 74 valence electrons. The number of urea groups is 1. The average Bonchev–Trinajstić information content (AvgIpc) is 2.20. The first-order valence-electron chi connectivity index (χ1n) is 5.13. The van der Waals surface area contributed by atoms with Crippen molar-refractivity contribution in [2.75, 3.05) is 26.2 Å². The molecule has 4 nitrogen and oxygen atoms in total. The number of nitrogens with zero attached hydrogens (tertiary/aromatic N) is 1. The molecule has 0 unspecified atom stereocenters. The third-order valence-electron chi connectivity index (χ3n) is 2.82. The first kappa shape index (κ1) is 8.81. The summed E-state index contributed by atoms with van der Waals surface area (Å²) in [4.78, 5) is 13.5. The summed E-state index contributed by atoms with van der Waals surface area (Å²) in [5, 5.41) is 6.22. The van der Waals surface area contributed by atoms with E-state index in [1.807, 2.05) is 4.90 Å². The van der Waals surface area contributed by atoms with Gasteiger partial charge in [0.15, 0.2) is 0 Å². The Hall–Kier alpha value is -0.770. The predicted octanol–water partition coefficient (Wildman–Crippen LogP) is 0.154. The molecule has 1 atom stereocenters. The minimum atomic E-state index is 0.125. The van der Waals surface area contributed by atoms with Crippen molar-refractivity contribution in [2.24, 2.45) is 0 Å². The first-order valence-corrected chi connectivity index (χ1v) is 5.13. The van der Waals surface area contributed by atoms with Crippen LogP contribution in [0, 0.1) is 0 Å². The van der Waals surface area contributed by atoms with Crippen LogP contribution in [0.3, 0.4) is 0 Å². The summed E-state index contributed by atoms with van der Waals surface area (Å²) in [6.07, 6.45) is 3.43. The minimum absolute atomic E-state index is 0.125. The fourth-order valence-electron chi connectivity index (χ4n) is 2.10. The SMILES string of the molecule is O=C1NCCCN1[C@@H]1CCCNC1. The number of hydrogen-bond acceptors (Lipinski definition) is 2. The molecule has 0 radical (unpaired) electrons. The number of nitrogens with one attached hydrogen (secondary N) is 2. The fraction of sp³-hybridized carbons (Fsp3) is 0.889. The van der Waals surface area contributed by atoms with Gasteiger partial charge in [0.05, 0.1) is 0 Å². The Kier molecular flexibility index (Phi) is 2.68. The van der Waals surface area contributed by atoms with Crippen molar-refractivity contribution in [1.82, 2.24) is 15.5 Å². The van der Waals surface area contributed by atoms with Crippen molar-refractivity contribution in [2.45, 2.75) is 25.3 Å². The molecule has 2 aliphatic rings. The van der Waals surface area contributed by atoms with Crippen LogP contribution in [0.4, 0.5) is 4.79 Å². The summed E-state index contributed by atoms with van der Waals surface area (Å²) in [5.74, 6) is 0. The maximum atomic E-state index is 11.5. The van der Waals surface area contributed by atoms with E-state index in [4.69, 9.17) is 0 Å². The van der Waals surface area contributed by atoms with E-state index >= 15 is 0 Å². The lowest BCUT2D eigenvalue weighted by Crippen LogP contribution is -2.55. The second kappa shape index (κ2) is 3.96. The molecule has 0 aliphatic carbocycles. The first-order chi connectivity index (χ1) is 6.38. The van der Waals surface area contributed by atoms with Crippen LogP contribution in [-0.2, 0) is 0 Å². The van der Waals surface area contributed by atoms with Gasteiger partial charge in [-0.25, -0.2) is 4.79 Å². The van der Waals surface area contributed by atoms with Crippen LogP contribution in [0.1, 0.15) is 19.3 Å². The lowest BCUT2D eigenvalue weighted by molar-refractivity contribution is 0.148. The highest BCUT2D eigenvalue weighted by Crippen LogP contribution is 2.12. The monoisotopic (exact) mass is 183 g/mol. The van der Waals surface area contributed by atoms with Gasteiger partial charge in [0.2, 0.25) is 0 Å². The topological polar surface area (TPSA) is 44.4 Å². The predicted molar refractivity (Wildman–Crippen MR) is 50.6 cm³/mol. The molecule has 2 saturated heterocycles. The molecule has 0 aromatic carbocycles. The third-order valence-corrected chi connectivity index (χ3v) is 2.82. The number of carbonyl (C=O) groups excluding carboxylic acids is 1. The molecule has 2 aliphatic heterocycles. The standard InChI is InChI=1S/C9H17N3O/c13-9-11-5-2-6-12(9)8-3-1-4-10-7-8/h8,10H,1-7H2,(H,11,13)/t8-/m1/s1. The zero-order chi connectivity index (χ0) is 9.10. The van der Waals surface area contributed by atoms with Gasteiger partial charge in [-0.15, -0.1) is 0 Å². The molecule has 0 saturated carbocycles. The lowest BCUT2D eigenvalue weighted by atomic mass is 10.1. The van der Waals surface area contributed by atoms with Crippen molar-refractivity contribution < 1.29 is 4.79 Å². The molecule has 0 bridgehead atoms. The van der Waals surface area contributed by atoms with Gasteiger partial charge in [-0.2, -0.15) is 0 Å². The Morgan fingerprint density at radius 3 is 2.92 bits per heavy atom. The molecule has 2 rings (SSSR count). The van der Waals surface area contributed by atoms with Crippen LogP contribution >= 0.6 is 0 Å². The fourth-order valence-corrected chi connectivity index (χ4v) is 2.10. The van der Waals surface area contributed by atoms with Crippen LogP contribution in [0.5, 0.6) is 0 Å². The van der Waals surface area contributed by atoms with Gasteiger partial charge in [0, 0.05) is 25.7 Å². The molecule has 0 aromatic rings. The zero-order valence-corrected chi connectivity index (χ0v) is 7.88. The minimum Gasteiger partial charge on any atom is -0.338 e. The van der Waals surface area contributed by atoms with Crippen LogP contribution in [0.15, 0.2) is 0 Å². The van der Waals surface area contributed by atoms with E-state index in [9.17, 15) is 4.79 Å². The highest BCUT2D eigenvalue weighted by molar-refractivity contribution is 5.75. The maximum absolute atomic E-state index is 11.5. The van der Waals surface area contributed by atoms with Crippen molar-refractivity contribution in [3.63, 3.8) is 0 Å². The van der Waals surface area contributed by atoms with E-state index < -0.39 is 0 Å². The summed E-state index contributed by atoms with van der Waals surface area (Å²) in [7, 11) is 0. The van der Waals surface area contributed by atoms with E-state index in [0.29, 0.717) is 6.04 Å². The Labute approximate surface area is 78.7 Å². The highest BCUT2D eigenvalue weighted by atomic mass is 16.2. The smallest absolute Gasteiger partial charge is 0.317 e. The number of rotatable bonds is 1. The van der Waals surface area contributed by atoms with Crippen molar-refractivity contribution in [3.05, 3.63) is 0 Å². The molecule has 0 spiro atoms. The molecule has 2 amide bonds. The van der Waals surface area contributed by atoms with Crippen molar-refractivity contribution in [1.29, 1.82) is 0 Å². The quantitative estimate of drug-likeness (QED) is 0.608. The normalized spacial score (nSPS) is 30.0. The highest BCUT2D eigenvalue weighted by Gasteiger charge is 2.26. The number of amides is 2. The molecule has 0 aromatic heterocycles. The van der Waals surface area contributed by atoms with Gasteiger partial charge in [-0.05, 0) is 25.8 Å². The largest absolute Gasteiger partial charge is 0.338 e. The molecule has 2 fully saturated rings. The van der Waals surface area contributed by atoms with E-state index in [1.165, 1.54) is 6.42 Å². The third kappa shape index (κ3) is 1.94. The second-order valence-corrected chi connectivity index (χ2v) is 3.78. The molecule has 13 heavy (non-hydrogen) atoms. The Morgan fingerprint density at radius 1 is 1.31 bits per heavy atom. The van der Waals surface area contributed by atoms with E-state index in [0.717, 1.165) is 39.0 Å². The summed E-state index contributed by atoms with van der Waals surface area (Å²) >= 11 is 0. The maximum Gasteiger partial charge on any atom is 0.317 e. The molecule has 2 N–H and O–H groups in total. The lowest BCUT2D eigenvalue weighted by Gasteiger charge is -2.37. The number of hydrogen-bond donors (Lipinski definition) is 2. The molecule has 2 heterocycles. The molecule has 4 heteroatoms. The summed E-state index contributed by atoms with van der Waals surface area (Å²) in [6.45, 7) is 3.84. The summed E-state index contributed by atoms with van der Waals surface area (Å²) < 4.78 is 0. The van der Waals surface area contributed by atoms with Gasteiger partial charge < -0.3 is 15.5 Å². The summed E-state index contributed by atoms with van der Waals surface area (Å²) in [5.41, 5.74) is 0. The molecular formula is C9H17N3O. The van der Waals surface area contributed by atoms with Gasteiger partial charge in [0.25, 0.3) is 0 Å². The van der Waals surface area contributed by atoms with E-state index in [2.05, 4.69) is 10.6 Å². The molecular weight excluding hydrogens is 166 g/mol. The van der Waals surface area contributed by atoms with E-state index in [1.54, 1.807) is 0 Å². The Bertz CT molecular complexity index is 189. The van der Waals surface area contributed by atoms with Crippen LogP contribution in [0.2, 0.25) is 0 Å². The van der Waals surface area contributed by atoms with Gasteiger partial charge >= 0.3 is 6.03 Å². The van der Waals surface area contributed by atoms with Gasteiger partial charge in [0.1, 0.15) is 0 Å². The van der Waals surface area contributed by atoms with E-state index in [-0.39, 0.29) is 6.03 Å². The van der Waals surface area contributed by atoms with Crippen LogP contribution in [0.25, 0.3) is 0 Å². The Balaban J connectivity index is 1.92. The van der Waals surface area contributed by atoms with Crippen LogP contribution in [-0.4, -0.2) is 43.2 Å². The van der Waals surface area contributed by atoms with Crippen molar-refractivity contribution in [3.8, 4) is 0 Å². The van der Waals surface area contributed by atoms with Gasteiger partial charge in [-0.3, -0.25) is 0 Å². The zero-order valence-electron chi connectivity index (χ0n) is 7.88. The number of piperidine rings is 1. The second-order valence-electron chi connectivity index (χ2n) is 3.78. The Morgan fingerprint density at radius 2 is 2.23 bits per heavy atom. The average molecular weight is 183 g/mol.